The maximum absolute atomic E-state index is 5.78. The predicted octanol–water partition coefficient (Wildman–Crippen LogP) is 3.35. The second-order valence-electron chi connectivity index (χ2n) is 4.32. The van der Waals surface area contributed by atoms with Gasteiger partial charge >= 0.3 is 0 Å². The lowest BCUT2D eigenvalue weighted by Gasteiger charge is -2.05. The molecule has 3 rings (SSSR count). The van der Waals surface area contributed by atoms with Crippen LogP contribution in [0.2, 0.25) is 0 Å². The Hall–Kier alpha value is -2.23. The van der Waals surface area contributed by atoms with E-state index in [9.17, 15) is 0 Å². The third-order valence-electron chi connectivity index (χ3n) is 3.09. The summed E-state index contributed by atoms with van der Waals surface area (Å²) >= 11 is 0. The third-order valence-corrected chi connectivity index (χ3v) is 3.09. The molecule has 0 bridgehead atoms. The topological polar surface area (TPSA) is 51.1 Å². The summed E-state index contributed by atoms with van der Waals surface area (Å²) in [7, 11) is 0. The van der Waals surface area contributed by atoms with Crippen molar-refractivity contribution >= 4 is 10.9 Å². The van der Waals surface area contributed by atoms with Crippen molar-refractivity contribution in [2.75, 3.05) is 0 Å². The zero-order valence-electron chi connectivity index (χ0n) is 10.4. The van der Waals surface area contributed by atoms with Crippen molar-refractivity contribution in [3.8, 4) is 5.75 Å². The molecule has 92 valence electrons. The van der Waals surface area contributed by atoms with Gasteiger partial charge in [-0.1, -0.05) is 5.16 Å². The minimum Gasteiger partial charge on any atom is -0.489 e. The number of hydrogen-bond acceptors (Lipinski definition) is 3. The molecule has 0 unspecified atom stereocenters. The molecule has 0 atom stereocenters. The zero-order chi connectivity index (χ0) is 12.5. The Morgan fingerprint density at radius 1 is 1.28 bits per heavy atom. The molecule has 0 amide bonds. The van der Waals surface area contributed by atoms with Gasteiger partial charge in [0.15, 0.2) is 0 Å². The molecule has 3 aromatic rings. The van der Waals surface area contributed by atoms with Gasteiger partial charge in [0, 0.05) is 17.1 Å². The summed E-state index contributed by atoms with van der Waals surface area (Å²) in [6.07, 6.45) is 1.92. The summed E-state index contributed by atoms with van der Waals surface area (Å²) in [5, 5.41) is 5.05. The summed E-state index contributed by atoms with van der Waals surface area (Å²) in [6, 6.07) is 8.01. The van der Waals surface area contributed by atoms with Crippen LogP contribution >= 0.6 is 0 Å². The number of H-pyrrole nitrogens is 1. The average Bonchev–Trinajstić information content (AvgIpc) is 2.94. The molecule has 0 spiro atoms. The Morgan fingerprint density at radius 2 is 2.17 bits per heavy atom. The van der Waals surface area contributed by atoms with Gasteiger partial charge in [-0.15, -0.1) is 0 Å². The van der Waals surface area contributed by atoms with E-state index in [2.05, 4.69) is 10.1 Å². The van der Waals surface area contributed by atoms with Crippen molar-refractivity contribution in [2.24, 2.45) is 0 Å². The SMILES string of the molecule is Cc1noc(C)c1COc1ccc2[nH]ccc2c1. The number of nitrogens with one attached hydrogen (secondary N) is 1. The van der Waals surface area contributed by atoms with E-state index in [0.29, 0.717) is 6.61 Å². The van der Waals surface area contributed by atoms with Crippen molar-refractivity contribution in [1.29, 1.82) is 0 Å². The number of benzene rings is 1. The highest BCUT2D eigenvalue weighted by molar-refractivity contribution is 5.80. The molecule has 0 aliphatic heterocycles. The molecule has 4 heteroatoms. The van der Waals surface area contributed by atoms with Crippen LogP contribution in [0.25, 0.3) is 10.9 Å². The molecule has 0 aliphatic rings. The summed E-state index contributed by atoms with van der Waals surface area (Å²) in [6.45, 7) is 4.30. The first-order valence-electron chi connectivity index (χ1n) is 5.86. The normalized spacial score (nSPS) is 11.0. The highest BCUT2D eigenvalue weighted by atomic mass is 16.5. The van der Waals surface area contributed by atoms with E-state index < -0.39 is 0 Å². The molecule has 0 radical (unpaired) electrons. The van der Waals surface area contributed by atoms with Crippen LogP contribution in [0, 0.1) is 13.8 Å². The summed E-state index contributed by atoms with van der Waals surface area (Å²) in [4.78, 5) is 3.15. The molecular formula is C14H14N2O2. The van der Waals surface area contributed by atoms with Gasteiger partial charge in [0.25, 0.3) is 0 Å². The molecule has 1 aromatic carbocycles. The fourth-order valence-corrected chi connectivity index (χ4v) is 1.98. The van der Waals surface area contributed by atoms with Crippen LogP contribution in [0.5, 0.6) is 5.75 Å². The molecular weight excluding hydrogens is 228 g/mol. The fourth-order valence-electron chi connectivity index (χ4n) is 1.98. The summed E-state index contributed by atoms with van der Waals surface area (Å²) in [5.41, 5.74) is 3.01. The van der Waals surface area contributed by atoms with Crippen LogP contribution in [-0.4, -0.2) is 10.1 Å². The highest BCUT2D eigenvalue weighted by Crippen LogP contribution is 2.21. The number of aromatic amines is 1. The minimum atomic E-state index is 0.483. The number of rotatable bonds is 3. The number of hydrogen-bond donors (Lipinski definition) is 1. The molecule has 0 saturated carbocycles. The molecule has 4 nitrogen and oxygen atoms in total. The van der Waals surface area contributed by atoms with E-state index in [1.165, 1.54) is 0 Å². The predicted molar refractivity (Wildman–Crippen MR) is 68.6 cm³/mol. The number of ether oxygens (including phenoxy) is 1. The number of fused-ring (bicyclic) bond motifs is 1. The minimum absolute atomic E-state index is 0.483. The van der Waals surface area contributed by atoms with Gasteiger partial charge in [0.1, 0.15) is 18.1 Å². The Balaban J connectivity index is 1.80. The quantitative estimate of drug-likeness (QED) is 0.766. The standard InChI is InChI=1S/C14H14N2O2/c1-9-13(10(2)18-16-9)8-17-12-3-4-14-11(7-12)5-6-15-14/h3-7,15H,8H2,1-2H3. The van der Waals surface area contributed by atoms with E-state index in [4.69, 9.17) is 9.26 Å². The summed E-state index contributed by atoms with van der Waals surface area (Å²) in [5.74, 6) is 1.66. The Labute approximate surface area is 105 Å². The first-order valence-corrected chi connectivity index (χ1v) is 5.86. The fraction of sp³-hybridized carbons (Fsp3) is 0.214. The molecule has 0 aliphatic carbocycles. The van der Waals surface area contributed by atoms with Gasteiger partial charge < -0.3 is 14.2 Å². The van der Waals surface area contributed by atoms with Gasteiger partial charge in [-0.2, -0.15) is 0 Å². The molecule has 0 fully saturated rings. The van der Waals surface area contributed by atoms with Crippen molar-refractivity contribution in [3.05, 3.63) is 47.5 Å². The molecule has 0 saturated heterocycles. The second kappa shape index (κ2) is 4.22. The smallest absolute Gasteiger partial charge is 0.140 e. The zero-order valence-corrected chi connectivity index (χ0v) is 10.4. The van der Waals surface area contributed by atoms with Crippen LogP contribution in [0.1, 0.15) is 17.0 Å². The maximum Gasteiger partial charge on any atom is 0.140 e. The lowest BCUT2D eigenvalue weighted by Crippen LogP contribution is -1.97. The van der Waals surface area contributed by atoms with Crippen LogP contribution in [0.4, 0.5) is 0 Å². The van der Waals surface area contributed by atoms with E-state index in [-0.39, 0.29) is 0 Å². The van der Waals surface area contributed by atoms with Gasteiger partial charge in [-0.3, -0.25) is 0 Å². The molecule has 2 heterocycles. The molecule has 18 heavy (non-hydrogen) atoms. The molecule has 1 N–H and O–H groups in total. The van der Waals surface area contributed by atoms with Crippen molar-refractivity contribution in [1.82, 2.24) is 10.1 Å². The largest absolute Gasteiger partial charge is 0.489 e. The van der Waals surface area contributed by atoms with Crippen molar-refractivity contribution in [3.63, 3.8) is 0 Å². The van der Waals surface area contributed by atoms with E-state index in [1.54, 1.807) is 0 Å². The van der Waals surface area contributed by atoms with Crippen LogP contribution in [0.15, 0.2) is 35.0 Å². The monoisotopic (exact) mass is 242 g/mol. The van der Waals surface area contributed by atoms with Gasteiger partial charge in [0.05, 0.1) is 11.3 Å². The number of nitrogens with zero attached hydrogens (tertiary/aromatic N) is 1. The van der Waals surface area contributed by atoms with E-state index in [0.717, 1.165) is 33.7 Å². The van der Waals surface area contributed by atoms with Gasteiger partial charge in [-0.25, -0.2) is 0 Å². The summed E-state index contributed by atoms with van der Waals surface area (Å²) < 4.78 is 10.9. The van der Waals surface area contributed by atoms with Crippen molar-refractivity contribution in [2.45, 2.75) is 20.5 Å². The number of aryl methyl sites for hydroxylation is 2. The Kier molecular flexibility index (Phi) is 2.55. The lowest BCUT2D eigenvalue weighted by molar-refractivity contribution is 0.302. The average molecular weight is 242 g/mol. The Morgan fingerprint density at radius 3 is 2.94 bits per heavy atom. The van der Waals surface area contributed by atoms with E-state index in [1.807, 2.05) is 44.3 Å². The van der Waals surface area contributed by atoms with Crippen LogP contribution in [0.3, 0.4) is 0 Å². The Bertz CT molecular complexity index is 662. The van der Waals surface area contributed by atoms with E-state index >= 15 is 0 Å². The van der Waals surface area contributed by atoms with Gasteiger partial charge in [0.2, 0.25) is 0 Å². The molecule has 2 aromatic heterocycles. The van der Waals surface area contributed by atoms with Gasteiger partial charge in [-0.05, 0) is 38.1 Å². The second-order valence-corrected chi connectivity index (χ2v) is 4.32. The first-order chi connectivity index (χ1) is 8.74. The maximum atomic E-state index is 5.78. The lowest BCUT2D eigenvalue weighted by atomic mass is 10.2. The van der Waals surface area contributed by atoms with Crippen LogP contribution < -0.4 is 4.74 Å². The van der Waals surface area contributed by atoms with Crippen molar-refractivity contribution < 1.29 is 9.26 Å². The van der Waals surface area contributed by atoms with Crippen LogP contribution in [-0.2, 0) is 6.61 Å². The third kappa shape index (κ3) is 1.86. The first kappa shape index (κ1) is 10.9. The highest BCUT2D eigenvalue weighted by Gasteiger charge is 2.09. The number of aromatic nitrogens is 2.